The quantitative estimate of drug-likeness (QED) is 0.332. The van der Waals surface area contributed by atoms with Crippen molar-refractivity contribution in [2.24, 2.45) is 0 Å². The van der Waals surface area contributed by atoms with Crippen LogP contribution in [0, 0.1) is 0 Å². The molecule has 4 aromatic rings. The lowest BCUT2D eigenvalue weighted by molar-refractivity contribution is -0.132. The van der Waals surface area contributed by atoms with Crippen LogP contribution in [0.1, 0.15) is 0 Å². The number of amides is 1. The van der Waals surface area contributed by atoms with Crippen LogP contribution in [0.3, 0.4) is 0 Å². The number of methoxy groups -OCH3 is 2. The monoisotopic (exact) mass is 571 g/mol. The summed E-state index contributed by atoms with van der Waals surface area (Å²) in [6.45, 7) is 1.80. The molecular formula is C26H26ClN5O6S. The van der Waals surface area contributed by atoms with Crippen LogP contribution in [-0.2, 0) is 21.4 Å². The molecule has 3 heterocycles. The number of aromatic nitrogens is 3. The average Bonchev–Trinajstić information content (AvgIpc) is 3.23. The Morgan fingerprint density at radius 2 is 1.67 bits per heavy atom. The summed E-state index contributed by atoms with van der Waals surface area (Å²) >= 11 is 6.21. The number of imidazole rings is 1. The first-order valence-corrected chi connectivity index (χ1v) is 13.9. The lowest BCUT2D eigenvalue weighted by Crippen LogP contribution is -2.50. The predicted octanol–water partition coefficient (Wildman–Crippen LogP) is 2.45. The second-order valence-corrected chi connectivity index (χ2v) is 11.1. The SMILES string of the molecule is COc1ccc(S(=O)(=O)n2c(=O)n(CC(=O)N3CCN(c4ccncc4)CC3)c3cc(Cl)ccc32)c(OC)c1. The van der Waals surface area contributed by atoms with Crippen LogP contribution in [0.15, 0.2) is 70.6 Å². The Morgan fingerprint density at radius 1 is 0.949 bits per heavy atom. The molecule has 0 spiro atoms. The highest BCUT2D eigenvalue weighted by Gasteiger charge is 2.30. The summed E-state index contributed by atoms with van der Waals surface area (Å²) in [6.07, 6.45) is 3.44. The molecule has 11 nitrogen and oxygen atoms in total. The van der Waals surface area contributed by atoms with E-state index in [9.17, 15) is 18.0 Å². The standard InChI is InChI=1S/C26H26ClN5O6S/c1-37-20-4-6-24(23(16-20)38-2)39(35,36)32-21-5-3-18(27)15-22(21)31(26(32)34)17-25(33)30-13-11-29(12-14-30)19-7-9-28-10-8-19/h3-10,15-16H,11-14,17H2,1-2H3. The molecule has 1 saturated heterocycles. The van der Waals surface area contributed by atoms with Gasteiger partial charge in [-0.25, -0.2) is 13.2 Å². The van der Waals surface area contributed by atoms with Crippen LogP contribution in [0.4, 0.5) is 5.69 Å². The number of fused-ring (bicyclic) bond motifs is 1. The van der Waals surface area contributed by atoms with Crippen molar-refractivity contribution in [3.05, 3.63) is 76.4 Å². The van der Waals surface area contributed by atoms with Gasteiger partial charge in [0.05, 0.1) is 25.3 Å². The summed E-state index contributed by atoms with van der Waals surface area (Å²) in [6, 6.07) is 12.4. The smallest absolute Gasteiger partial charge is 0.343 e. The first-order chi connectivity index (χ1) is 18.7. The van der Waals surface area contributed by atoms with Crippen LogP contribution in [0.2, 0.25) is 5.02 Å². The molecule has 1 aliphatic heterocycles. The van der Waals surface area contributed by atoms with Gasteiger partial charge in [0.25, 0.3) is 10.0 Å². The van der Waals surface area contributed by atoms with Crippen molar-refractivity contribution in [1.82, 2.24) is 18.4 Å². The minimum absolute atomic E-state index is 0.0132. The van der Waals surface area contributed by atoms with Crippen LogP contribution >= 0.6 is 11.6 Å². The molecule has 0 unspecified atom stereocenters. The predicted molar refractivity (Wildman–Crippen MR) is 146 cm³/mol. The molecule has 1 fully saturated rings. The molecule has 0 atom stereocenters. The number of benzene rings is 2. The van der Waals surface area contributed by atoms with Gasteiger partial charge >= 0.3 is 5.69 Å². The zero-order valence-corrected chi connectivity index (χ0v) is 22.9. The van der Waals surface area contributed by atoms with Crippen molar-refractivity contribution in [1.29, 1.82) is 0 Å². The largest absolute Gasteiger partial charge is 0.497 e. The molecule has 13 heteroatoms. The summed E-state index contributed by atoms with van der Waals surface area (Å²) in [7, 11) is -1.66. The number of pyridine rings is 1. The minimum Gasteiger partial charge on any atom is -0.497 e. The number of carbonyl (C=O) groups is 1. The molecule has 1 aliphatic rings. The average molecular weight is 572 g/mol. The van der Waals surface area contributed by atoms with Gasteiger partial charge in [-0.1, -0.05) is 11.6 Å². The molecule has 0 radical (unpaired) electrons. The van der Waals surface area contributed by atoms with Gasteiger partial charge in [-0.15, -0.1) is 0 Å². The van der Waals surface area contributed by atoms with E-state index in [4.69, 9.17) is 21.1 Å². The normalized spacial score (nSPS) is 14.0. The van der Waals surface area contributed by atoms with E-state index in [1.807, 2.05) is 12.1 Å². The first kappa shape index (κ1) is 26.6. The number of hydrogen-bond acceptors (Lipinski definition) is 8. The maximum Gasteiger partial charge on any atom is 0.343 e. The number of nitrogens with zero attached hydrogens (tertiary/aromatic N) is 5. The summed E-state index contributed by atoms with van der Waals surface area (Å²) in [5.41, 5.74) is 0.462. The fraction of sp³-hybridized carbons (Fsp3) is 0.269. The third kappa shape index (κ3) is 4.92. The Hall–Kier alpha value is -4.03. The zero-order valence-electron chi connectivity index (χ0n) is 21.3. The van der Waals surface area contributed by atoms with E-state index in [1.165, 1.54) is 50.6 Å². The van der Waals surface area contributed by atoms with E-state index in [0.29, 0.717) is 40.9 Å². The molecule has 0 aliphatic carbocycles. The molecule has 204 valence electrons. The Labute approximate surface area is 229 Å². The van der Waals surface area contributed by atoms with Crippen molar-refractivity contribution >= 4 is 44.3 Å². The number of hydrogen-bond donors (Lipinski definition) is 0. The molecule has 5 rings (SSSR count). The number of piperazine rings is 1. The van der Waals surface area contributed by atoms with Crippen molar-refractivity contribution in [2.45, 2.75) is 11.4 Å². The molecule has 0 bridgehead atoms. The fourth-order valence-electron chi connectivity index (χ4n) is 4.68. The van der Waals surface area contributed by atoms with Crippen LogP contribution in [0.25, 0.3) is 11.0 Å². The van der Waals surface area contributed by atoms with Crippen molar-refractivity contribution in [2.75, 3.05) is 45.3 Å². The van der Waals surface area contributed by atoms with Gasteiger partial charge in [0.1, 0.15) is 22.9 Å². The molecule has 0 saturated carbocycles. The number of halogens is 1. The second-order valence-electron chi connectivity index (χ2n) is 8.86. The van der Waals surface area contributed by atoms with Crippen molar-refractivity contribution < 1.29 is 22.7 Å². The van der Waals surface area contributed by atoms with Gasteiger partial charge < -0.3 is 19.3 Å². The molecule has 2 aromatic heterocycles. The van der Waals surface area contributed by atoms with Gasteiger partial charge in [0.15, 0.2) is 0 Å². The van der Waals surface area contributed by atoms with E-state index in [-0.39, 0.29) is 34.1 Å². The second kappa shape index (κ2) is 10.6. The lowest BCUT2D eigenvalue weighted by atomic mass is 10.2. The number of carbonyl (C=O) groups excluding carboxylic acids is 1. The number of rotatable bonds is 7. The Kier molecular flexibility index (Phi) is 7.23. The first-order valence-electron chi connectivity index (χ1n) is 12.1. The fourth-order valence-corrected chi connectivity index (χ4v) is 6.39. The summed E-state index contributed by atoms with van der Waals surface area (Å²) in [5, 5.41) is 0.297. The van der Waals surface area contributed by atoms with E-state index in [2.05, 4.69) is 9.88 Å². The molecule has 39 heavy (non-hydrogen) atoms. The van der Waals surface area contributed by atoms with E-state index >= 15 is 0 Å². The molecule has 2 aromatic carbocycles. The highest BCUT2D eigenvalue weighted by atomic mass is 35.5. The van der Waals surface area contributed by atoms with E-state index in [0.717, 1.165) is 10.3 Å². The lowest BCUT2D eigenvalue weighted by Gasteiger charge is -2.36. The summed E-state index contributed by atoms with van der Waals surface area (Å²) < 4.78 is 39.9. The highest BCUT2D eigenvalue weighted by Crippen LogP contribution is 2.31. The van der Waals surface area contributed by atoms with Crippen LogP contribution in [0.5, 0.6) is 11.5 Å². The third-order valence-electron chi connectivity index (χ3n) is 6.69. The molecular weight excluding hydrogens is 546 g/mol. The van der Waals surface area contributed by atoms with Gasteiger partial charge in [0, 0.05) is 55.3 Å². The topological polar surface area (TPSA) is 116 Å². The summed E-state index contributed by atoms with van der Waals surface area (Å²) in [4.78, 5) is 34.6. The zero-order chi connectivity index (χ0) is 27.7. The minimum atomic E-state index is -4.43. The highest BCUT2D eigenvalue weighted by molar-refractivity contribution is 7.90. The van der Waals surface area contributed by atoms with Crippen molar-refractivity contribution in [3.63, 3.8) is 0 Å². The van der Waals surface area contributed by atoms with Gasteiger partial charge in [-0.05, 0) is 42.5 Å². The van der Waals surface area contributed by atoms with Crippen LogP contribution < -0.4 is 20.1 Å². The summed E-state index contributed by atoms with van der Waals surface area (Å²) in [5.74, 6) is 0.103. The van der Waals surface area contributed by atoms with Crippen molar-refractivity contribution in [3.8, 4) is 11.5 Å². The third-order valence-corrected chi connectivity index (χ3v) is 8.66. The number of ether oxygens (including phenoxy) is 2. The van der Waals surface area contributed by atoms with Gasteiger partial charge in [0.2, 0.25) is 5.91 Å². The van der Waals surface area contributed by atoms with Crippen LogP contribution in [-0.4, -0.2) is 73.1 Å². The van der Waals surface area contributed by atoms with E-state index in [1.54, 1.807) is 17.3 Å². The molecule has 0 N–H and O–H groups in total. The Balaban J connectivity index is 1.49. The Bertz CT molecular complexity index is 1700. The maximum atomic E-state index is 13.8. The number of anilines is 1. The van der Waals surface area contributed by atoms with Gasteiger partial charge in [-0.2, -0.15) is 3.97 Å². The molecule has 1 amide bonds. The van der Waals surface area contributed by atoms with Gasteiger partial charge in [-0.3, -0.25) is 14.3 Å². The maximum absolute atomic E-state index is 13.8. The van der Waals surface area contributed by atoms with E-state index < -0.39 is 15.7 Å². The Morgan fingerprint density at radius 3 is 2.33 bits per heavy atom.